The van der Waals surface area contributed by atoms with Crippen molar-refractivity contribution in [3.05, 3.63) is 0 Å². The number of hydrogen-bond acceptors (Lipinski definition) is 4. The molecule has 4 heteroatoms. The van der Waals surface area contributed by atoms with Gasteiger partial charge in [0.15, 0.2) is 0 Å². The monoisotopic (exact) mass is 231 g/mol. The molecule has 1 aliphatic heterocycles. The van der Waals surface area contributed by atoms with Crippen molar-refractivity contribution >= 4 is 0 Å². The predicted molar refractivity (Wildman–Crippen MR) is 63.8 cm³/mol. The maximum Gasteiger partial charge on any atom is 0.0962 e. The van der Waals surface area contributed by atoms with Crippen LogP contribution in [0.25, 0.3) is 0 Å². The number of hydrogen-bond donors (Lipinski definition) is 1. The summed E-state index contributed by atoms with van der Waals surface area (Å²) in [6.07, 6.45) is 2.28. The Morgan fingerprint density at radius 3 is 2.88 bits per heavy atom. The van der Waals surface area contributed by atoms with Crippen molar-refractivity contribution < 1.29 is 14.2 Å². The van der Waals surface area contributed by atoms with Crippen molar-refractivity contribution in [3.63, 3.8) is 0 Å². The molecule has 1 saturated heterocycles. The van der Waals surface area contributed by atoms with Gasteiger partial charge in [-0.25, -0.2) is 0 Å². The summed E-state index contributed by atoms with van der Waals surface area (Å²) in [4.78, 5) is 0. The van der Waals surface area contributed by atoms with Crippen LogP contribution in [0.5, 0.6) is 0 Å². The molecule has 1 heterocycles. The zero-order chi connectivity index (χ0) is 11.6. The van der Waals surface area contributed by atoms with Crippen molar-refractivity contribution in [2.45, 2.75) is 38.8 Å². The van der Waals surface area contributed by atoms with E-state index in [0.717, 1.165) is 32.6 Å². The van der Waals surface area contributed by atoms with Crippen molar-refractivity contribution in [2.24, 2.45) is 0 Å². The summed E-state index contributed by atoms with van der Waals surface area (Å²) in [7, 11) is 0. The van der Waals surface area contributed by atoms with E-state index in [4.69, 9.17) is 14.2 Å². The third-order valence-electron chi connectivity index (χ3n) is 2.68. The first-order valence-electron chi connectivity index (χ1n) is 6.39. The summed E-state index contributed by atoms with van der Waals surface area (Å²) < 4.78 is 16.6. The van der Waals surface area contributed by atoms with Crippen molar-refractivity contribution in [1.82, 2.24) is 5.32 Å². The molecule has 0 aliphatic carbocycles. The normalized spacial score (nSPS) is 25.9. The van der Waals surface area contributed by atoms with E-state index in [2.05, 4.69) is 19.2 Å². The summed E-state index contributed by atoms with van der Waals surface area (Å²) >= 11 is 0. The number of nitrogens with one attached hydrogen (secondary N) is 1. The molecule has 0 spiro atoms. The SMILES string of the molecule is CCCOCCOC1COCCC1NCC. The van der Waals surface area contributed by atoms with Crippen LogP contribution >= 0.6 is 0 Å². The number of likely N-dealkylation sites (N-methyl/N-ethyl adjacent to an activating group) is 1. The molecule has 0 saturated carbocycles. The quantitative estimate of drug-likeness (QED) is 0.637. The van der Waals surface area contributed by atoms with Crippen molar-refractivity contribution in [2.75, 3.05) is 39.6 Å². The third kappa shape index (κ3) is 5.25. The molecule has 2 unspecified atom stereocenters. The van der Waals surface area contributed by atoms with Crippen LogP contribution in [0, 0.1) is 0 Å². The molecule has 4 nitrogen and oxygen atoms in total. The van der Waals surface area contributed by atoms with E-state index >= 15 is 0 Å². The van der Waals surface area contributed by atoms with Gasteiger partial charge in [0.25, 0.3) is 0 Å². The number of ether oxygens (including phenoxy) is 3. The second-order valence-corrected chi connectivity index (χ2v) is 4.05. The summed E-state index contributed by atoms with van der Waals surface area (Å²) in [5.74, 6) is 0. The average molecular weight is 231 g/mol. The molecule has 1 aliphatic rings. The Balaban J connectivity index is 2.11. The summed E-state index contributed by atoms with van der Waals surface area (Å²) in [6, 6.07) is 0.435. The molecule has 0 amide bonds. The molecular formula is C12H25NO3. The zero-order valence-electron chi connectivity index (χ0n) is 10.5. The Morgan fingerprint density at radius 1 is 1.25 bits per heavy atom. The molecule has 1 rings (SSSR count). The largest absolute Gasteiger partial charge is 0.379 e. The van der Waals surface area contributed by atoms with Gasteiger partial charge in [0.05, 0.1) is 25.9 Å². The maximum atomic E-state index is 5.78. The van der Waals surface area contributed by atoms with Gasteiger partial charge in [0.1, 0.15) is 0 Å². The van der Waals surface area contributed by atoms with Gasteiger partial charge >= 0.3 is 0 Å². The molecule has 0 radical (unpaired) electrons. The second-order valence-electron chi connectivity index (χ2n) is 4.05. The van der Waals surface area contributed by atoms with Crippen LogP contribution in [-0.2, 0) is 14.2 Å². The van der Waals surface area contributed by atoms with E-state index in [-0.39, 0.29) is 6.10 Å². The smallest absolute Gasteiger partial charge is 0.0962 e. The van der Waals surface area contributed by atoms with Crippen LogP contribution in [0.3, 0.4) is 0 Å². The Labute approximate surface area is 98.6 Å². The average Bonchev–Trinajstić information content (AvgIpc) is 2.31. The minimum atomic E-state index is 0.180. The fourth-order valence-corrected chi connectivity index (χ4v) is 1.88. The molecule has 0 aromatic heterocycles. The first-order chi connectivity index (χ1) is 7.88. The molecule has 2 atom stereocenters. The highest BCUT2D eigenvalue weighted by Gasteiger charge is 2.25. The van der Waals surface area contributed by atoms with Gasteiger partial charge in [0, 0.05) is 19.3 Å². The molecular weight excluding hydrogens is 206 g/mol. The molecule has 0 aromatic rings. The summed E-state index contributed by atoms with van der Waals surface area (Å²) in [5, 5.41) is 3.44. The van der Waals surface area contributed by atoms with E-state index in [1.807, 2.05) is 0 Å². The molecule has 16 heavy (non-hydrogen) atoms. The zero-order valence-corrected chi connectivity index (χ0v) is 10.5. The van der Waals surface area contributed by atoms with E-state index in [1.165, 1.54) is 0 Å². The van der Waals surface area contributed by atoms with Crippen molar-refractivity contribution in [3.8, 4) is 0 Å². The molecule has 0 aromatic carbocycles. The van der Waals surface area contributed by atoms with E-state index in [0.29, 0.717) is 25.9 Å². The third-order valence-corrected chi connectivity index (χ3v) is 2.68. The predicted octanol–water partition coefficient (Wildman–Crippen LogP) is 1.20. The van der Waals surface area contributed by atoms with Crippen molar-refractivity contribution in [1.29, 1.82) is 0 Å². The Bertz CT molecular complexity index is 164. The van der Waals surface area contributed by atoms with Gasteiger partial charge in [0.2, 0.25) is 0 Å². The van der Waals surface area contributed by atoms with E-state index < -0.39 is 0 Å². The van der Waals surface area contributed by atoms with E-state index in [9.17, 15) is 0 Å². The fourth-order valence-electron chi connectivity index (χ4n) is 1.88. The lowest BCUT2D eigenvalue weighted by Gasteiger charge is -2.31. The topological polar surface area (TPSA) is 39.7 Å². The maximum absolute atomic E-state index is 5.78. The van der Waals surface area contributed by atoms with E-state index in [1.54, 1.807) is 0 Å². The first-order valence-corrected chi connectivity index (χ1v) is 6.39. The van der Waals surface area contributed by atoms with Gasteiger partial charge in [-0.2, -0.15) is 0 Å². The van der Waals surface area contributed by atoms with Gasteiger partial charge in [-0.05, 0) is 19.4 Å². The van der Waals surface area contributed by atoms with Crippen LogP contribution in [-0.4, -0.2) is 51.7 Å². The first kappa shape index (κ1) is 13.9. The highest BCUT2D eigenvalue weighted by Crippen LogP contribution is 2.11. The van der Waals surface area contributed by atoms with Crippen LogP contribution in [0.4, 0.5) is 0 Å². The van der Waals surface area contributed by atoms with Gasteiger partial charge in [-0.15, -0.1) is 0 Å². The highest BCUT2D eigenvalue weighted by molar-refractivity contribution is 4.79. The van der Waals surface area contributed by atoms with Crippen LogP contribution in [0.15, 0.2) is 0 Å². The Kier molecular flexibility index (Phi) is 7.76. The lowest BCUT2D eigenvalue weighted by Crippen LogP contribution is -2.48. The van der Waals surface area contributed by atoms with Gasteiger partial charge in [-0.1, -0.05) is 13.8 Å². The summed E-state index contributed by atoms with van der Waals surface area (Å²) in [5.41, 5.74) is 0. The molecule has 1 N–H and O–H groups in total. The minimum Gasteiger partial charge on any atom is -0.379 e. The minimum absolute atomic E-state index is 0.180. The number of rotatable bonds is 8. The summed E-state index contributed by atoms with van der Waals surface area (Å²) in [6.45, 7) is 8.92. The second kappa shape index (κ2) is 8.93. The fraction of sp³-hybridized carbons (Fsp3) is 1.00. The van der Waals surface area contributed by atoms with Crippen LogP contribution in [0.2, 0.25) is 0 Å². The highest BCUT2D eigenvalue weighted by atomic mass is 16.6. The Morgan fingerprint density at radius 2 is 2.12 bits per heavy atom. The van der Waals surface area contributed by atoms with Gasteiger partial charge < -0.3 is 19.5 Å². The lowest BCUT2D eigenvalue weighted by atomic mass is 10.1. The molecule has 0 bridgehead atoms. The van der Waals surface area contributed by atoms with Crippen LogP contribution in [0.1, 0.15) is 26.7 Å². The van der Waals surface area contributed by atoms with Gasteiger partial charge in [-0.3, -0.25) is 0 Å². The Hall–Kier alpha value is -0.160. The standard InChI is InChI=1S/C12H25NO3/c1-3-6-14-8-9-16-12-10-15-7-5-11(12)13-4-2/h11-13H,3-10H2,1-2H3. The lowest BCUT2D eigenvalue weighted by molar-refractivity contribution is -0.0808. The molecule has 96 valence electrons. The van der Waals surface area contributed by atoms with Crippen LogP contribution < -0.4 is 5.32 Å². The molecule has 1 fully saturated rings.